The first-order valence-corrected chi connectivity index (χ1v) is 14.4. The van der Waals surface area contributed by atoms with Gasteiger partial charge in [-0.05, 0) is 37.1 Å². The molecule has 196 valence electrons. The maximum atomic E-state index is 13.3. The summed E-state index contributed by atoms with van der Waals surface area (Å²) < 4.78 is 50.8. The smallest absolute Gasteiger partial charge is 0.326 e. The lowest BCUT2D eigenvalue weighted by Gasteiger charge is -2.32. The summed E-state index contributed by atoms with van der Waals surface area (Å²) in [5, 5.41) is 10.2. The molecule has 0 aliphatic carbocycles. The van der Waals surface area contributed by atoms with Crippen LogP contribution >= 0.6 is 11.3 Å². The molecule has 15 heteroatoms. The topological polar surface area (TPSA) is 143 Å². The van der Waals surface area contributed by atoms with Crippen molar-refractivity contribution in [1.82, 2.24) is 24.7 Å². The summed E-state index contributed by atoms with van der Waals surface area (Å²) in [5.41, 5.74) is 1.29. The number of nitrogens with zero attached hydrogens (tertiary/aromatic N) is 5. The average Bonchev–Trinajstić information content (AvgIpc) is 3.56. The van der Waals surface area contributed by atoms with E-state index >= 15 is 0 Å². The molecule has 6 rings (SSSR count). The van der Waals surface area contributed by atoms with Gasteiger partial charge in [0.25, 0.3) is 0 Å². The highest BCUT2D eigenvalue weighted by Crippen LogP contribution is 2.47. The molecule has 2 bridgehead atoms. The van der Waals surface area contributed by atoms with E-state index in [1.807, 2.05) is 0 Å². The van der Waals surface area contributed by atoms with Crippen LogP contribution in [-0.4, -0.2) is 72.1 Å². The highest BCUT2D eigenvalue weighted by atomic mass is 32.2. The Bertz CT molecular complexity index is 1420. The monoisotopic (exact) mass is 549 g/mol. The van der Waals surface area contributed by atoms with E-state index < -0.39 is 22.2 Å². The van der Waals surface area contributed by atoms with Gasteiger partial charge in [0.15, 0.2) is 5.13 Å². The van der Waals surface area contributed by atoms with Crippen LogP contribution in [0.4, 0.5) is 20.3 Å². The number of benzene rings is 1. The molecule has 2 amide bonds. The molecule has 0 spiro atoms. The number of rotatable bonds is 5. The van der Waals surface area contributed by atoms with Crippen molar-refractivity contribution in [2.45, 2.75) is 37.5 Å². The van der Waals surface area contributed by atoms with Crippen LogP contribution in [0.3, 0.4) is 0 Å². The lowest BCUT2D eigenvalue weighted by Crippen LogP contribution is -2.45. The Morgan fingerprint density at radius 1 is 1.19 bits per heavy atom. The number of carbonyl (C=O) groups is 1. The predicted octanol–water partition coefficient (Wildman–Crippen LogP) is 2.34. The molecule has 2 unspecified atom stereocenters. The van der Waals surface area contributed by atoms with E-state index in [0.29, 0.717) is 23.9 Å². The summed E-state index contributed by atoms with van der Waals surface area (Å²) in [6, 6.07) is 5.15. The van der Waals surface area contributed by atoms with Crippen molar-refractivity contribution in [3.8, 4) is 11.4 Å². The largest absolute Gasteiger partial charge is 0.381 e. The summed E-state index contributed by atoms with van der Waals surface area (Å²) in [7, 11) is -3.54. The van der Waals surface area contributed by atoms with Gasteiger partial charge in [0.1, 0.15) is 12.0 Å². The van der Waals surface area contributed by atoms with Crippen LogP contribution < -0.4 is 15.5 Å². The molecule has 2 atom stereocenters. The van der Waals surface area contributed by atoms with Gasteiger partial charge in [0.2, 0.25) is 15.8 Å². The maximum absolute atomic E-state index is 13.3. The SMILES string of the molecule is CS(=O)(=O)N1CC2c3sc(NC(=O)NC4CCOCC4)nc3CC1N2c1nc(-c2ccc(F)cc2)no1. The number of sulfonamides is 1. The Hall–Kier alpha value is -3.14. The fourth-order valence-corrected chi connectivity index (χ4v) is 7.06. The number of hydrogen-bond acceptors (Lipinski definition) is 10. The minimum atomic E-state index is -3.54. The summed E-state index contributed by atoms with van der Waals surface area (Å²) >= 11 is 1.30. The summed E-state index contributed by atoms with van der Waals surface area (Å²) in [5.74, 6) is -0.114. The molecule has 5 heterocycles. The predicted molar refractivity (Wildman–Crippen MR) is 132 cm³/mol. The molecule has 0 saturated carbocycles. The first-order chi connectivity index (χ1) is 17.8. The molecular weight excluding hydrogens is 525 g/mol. The summed E-state index contributed by atoms with van der Waals surface area (Å²) in [4.78, 5) is 24.2. The molecule has 2 aromatic heterocycles. The zero-order chi connectivity index (χ0) is 25.7. The number of ether oxygens (including phenoxy) is 1. The lowest BCUT2D eigenvalue weighted by atomic mass is 10.1. The van der Waals surface area contributed by atoms with Crippen molar-refractivity contribution in [3.63, 3.8) is 0 Å². The molecular formula is C22H24FN7O5S2. The first-order valence-electron chi connectivity index (χ1n) is 11.8. The van der Waals surface area contributed by atoms with Crippen LogP contribution in [0.2, 0.25) is 0 Å². The minimum Gasteiger partial charge on any atom is -0.381 e. The average molecular weight is 550 g/mol. The van der Waals surface area contributed by atoms with Crippen molar-refractivity contribution in [1.29, 1.82) is 0 Å². The second kappa shape index (κ2) is 9.31. The molecule has 3 aliphatic heterocycles. The fourth-order valence-electron chi connectivity index (χ4n) is 4.95. The Kier molecular flexibility index (Phi) is 6.09. The number of halogens is 1. The highest BCUT2D eigenvalue weighted by Gasteiger charge is 2.52. The van der Waals surface area contributed by atoms with E-state index in [1.54, 1.807) is 17.0 Å². The van der Waals surface area contributed by atoms with Gasteiger partial charge < -0.3 is 14.6 Å². The van der Waals surface area contributed by atoms with Crippen molar-refractivity contribution in [2.75, 3.05) is 36.2 Å². The molecule has 2 saturated heterocycles. The zero-order valence-corrected chi connectivity index (χ0v) is 21.4. The standard InChI is InChI=1S/C22H24FN7O5S2/c1-37(32,33)29-11-16-18-15(25-21(36-18)27-20(31)24-14-6-8-34-9-7-14)10-17(29)30(16)22-26-19(28-35-22)12-2-4-13(23)5-3-12/h2-5,14,16-17H,6-11H2,1H3,(H2,24,25,27,31). The number of amides is 2. The van der Waals surface area contributed by atoms with Crippen molar-refractivity contribution in [2.24, 2.45) is 0 Å². The van der Waals surface area contributed by atoms with Crippen LogP contribution in [0.5, 0.6) is 0 Å². The Morgan fingerprint density at radius 3 is 2.68 bits per heavy atom. The third-order valence-electron chi connectivity index (χ3n) is 6.69. The van der Waals surface area contributed by atoms with E-state index in [2.05, 4.69) is 25.8 Å². The zero-order valence-electron chi connectivity index (χ0n) is 19.8. The van der Waals surface area contributed by atoms with Gasteiger partial charge in [0.05, 0.1) is 22.9 Å². The van der Waals surface area contributed by atoms with Crippen molar-refractivity contribution >= 4 is 38.5 Å². The number of carbonyl (C=O) groups excluding carboxylic acids is 1. The molecule has 2 N–H and O–H groups in total. The lowest BCUT2D eigenvalue weighted by molar-refractivity contribution is 0.0806. The van der Waals surface area contributed by atoms with Gasteiger partial charge in [-0.3, -0.25) is 10.2 Å². The van der Waals surface area contributed by atoms with Crippen LogP contribution in [0, 0.1) is 5.82 Å². The van der Waals surface area contributed by atoms with Gasteiger partial charge in [-0.1, -0.05) is 16.5 Å². The quantitative estimate of drug-likeness (QED) is 0.490. The van der Waals surface area contributed by atoms with Crippen LogP contribution in [0.25, 0.3) is 11.4 Å². The maximum Gasteiger partial charge on any atom is 0.326 e. The molecule has 3 aromatic rings. The molecule has 12 nitrogen and oxygen atoms in total. The summed E-state index contributed by atoms with van der Waals surface area (Å²) in [6.45, 7) is 1.41. The molecule has 1 aromatic carbocycles. The normalized spacial score (nSPS) is 22.2. The number of aromatic nitrogens is 3. The van der Waals surface area contributed by atoms with E-state index in [0.717, 1.165) is 23.4 Å². The Morgan fingerprint density at radius 2 is 1.95 bits per heavy atom. The van der Waals surface area contributed by atoms with E-state index in [4.69, 9.17) is 9.26 Å². The van der Waals surface area contributed by atoms with E-state index in [9.17, 15) is 17.6 Å². The fraction of sp³-hybridized carbons (Fsp3) is 0.455. The third kappa shape index (κ3) is 4.67. The van der Waals surface area contributed by atoms with Gasteiger partial charge in [-0.25, -0.2) is 22.6 Å². The van der Waals surface area contributed by atoms with E-state index in [1.165, 1.54) is 34.0 Å². The van der Waals surface area contributed by atoms with Crippen LogP contribution in [0.1, 0.15) is 29.5 Å². The molecule has 37 heavy (non-hydrogen) atoms. The first kappa shape index (κ1) is 24.2. The van der Waals surface area contributed by atoms with Gasteiger partial charge in [-0.15, -0.1) is 0 Å². The van der Waals surface area contributed by atoms with Crippen molar-refractivity contribution < 1.29 is 26.9 Å². The molecule has 2 fully saturated rings. The number of anilines is 2. The Labute approximate surface area is 215 Å². The Balaban J connectivity index is 1.26. The number of urea groups is 1. The highest BCUT2D eigenvalue weighted by molar-refractivity contribution is 7.88. The molecule has 0 radical (unpaired) electrons. The number of hydrogen-bond donors (Lipinski definition) is 2. The second-order valence-corrected chi connectivity index (χ2v) is 12.1. The number of thiazole rings is 1. The van der Waals surface area contributed by atoms with Crippen molar-refractivity contribution in [3.05, 3.63) is 40.7 Å². The van der Waals surface area contributed by atoms with Gasteiger partial charge >= 0.3 is 12.0 Å². The molecule has 3 aliphatic rings. The minimum absolute atomic E-state index is 0.0472. The second-order valence-electron chi connectivity index (χ2n) is 9.16. The van der Waals surface area contributed by atoms with Crippen LogP contribution in [0.15, 0.2) is 28.8 Å². The summed E-state index contributed by atoms with van der Waals surface area (Å²) in [6.07, 6.45) is 2.35. The van der Waals surface area contributed by atoms with Gasteiger partial charge in [-0.2, -0.15) is 9.29 Å². The number of fused-ring (bicyclic) bond motifs is 4. The van der Waals surface area contributed by atoms with E-state index in [-0.39, 0.29) is 42.7 Å². The van der Waals surface area contributed by atoms with Gasteiger partial charge in [0, 0.05) is 37.8 Å². The third-order valence-corrected chi connectivity index (χ3v) is 9.05. The van der Waals surface area contributed by atoms with Crippen LogP contribution in [-0.2, 0) is 21.2 Å². The number of nitrogens with one attached hydrogen (secondary N) is 2.